The SMILES string of the molecule is c1ccc(-c2cccc(-c3cccc4sc5ccccc5c34)c2)cc1. The van der Waals surface area contributed by atoms with Crippen LogP contribution in [0.15, 0.2) is 97.1 Å². The summed E-state index contributed by atoms with van der Waals surface area (Å²) in [7, 11) is 0. The molecule has 0 fully saturated rings. The molecule has 0 saturated carbocycles. The second-order valence-electron chi connectivity index (χ2n) is 6.22. The van der Waals surface area contributed by atoms with Gasteiger partial charge in [0.25, 0.3) is 0 Å². The second-order valence-corrected chi connectivity index (χ2v) is 7.31. The van der Waals surface area contributed by atoms with Crippen LogP contribution in [0.25, 0.3) is 42.4 Å². The molecule has 5 rings (SSSR count). The molecule has 5 aromatic rings. The molecule has 0 saturated heterocycles. The van der Waals surface area contributed by atoms with Crippen LogP contribution in [0.1, 0.15) is 0 Å². The van der Waals surface area contributed by atoms with E-state index in [9.17, 15) is 0 Å². The molecule has 0 radical (unpaired) electrons. The van der Waals surface area contributed by atoms with E-state index in [1.807, 2.05) is 11.3 Å². The van der Waals surface area contributed by atoms with Crippen LogP contribution in [0.2, 0.25) is 0 Å². The molecule has 0 atom stereocenters. The lowest BCUT2D eigenvalue weighted by Crippen LogP contribution is -1.82. The number of hydrogen-bond acceptors (Lipinski definition) is 1. The van der Waals surface area contributed by atoms with Gasteiger partial charge >= 0.3 is 0 Å². The smallest absolute Gasteiger partial charge is 0.0361 e. The third-order valence-corrected chi connectivity index (χ3v) is 5.82. The number of hydrogen-bond donors (Lipinski definition) is 0. The normalized spacial score (nSPS) is 11.2. The standard InChI is InChI=1S/C24H16S/c1-2-8-17(9-3-1)18-10-6-11-19(16-18)20-13-7-15-23-24(20)21-12-4-5-14-22(21)25-23/h1-16H. The van der Waals surface area contributed by atoms with Gasteiger partial charge < -0.3 is 0 Å². The number of benzene rings is 4. The van der Waals surface area contributed by atoms with Crippen LogP contribution < -0.4 is 0 Å². The second kappa shape index (κ2) is 5.87. The van der Waals surface area contributed by atoms with E-state index in [-0.39, 0.29) is 0 Å². The predicted molar refractivity (Wildman–Crippen MR) is 110 cm³/mol. The first-order valence-electron chi connectivity index (χ1n) is 8.46. The van der Waals surface area contributed by atoms with Crippen molar-refractivity contribution in [1.82, 2.24) is 0 Å². The summed E-state index contributed by atoms with van der Waals surface area (Å²) < 4.78 is 2.70. The van der Waals surface area contributed by atoms with E-state index in [2.05, 4.69) is 97.1 Å². The first-order chi connectivity index (χ1) is 12.4. The molecule has 0 spiro atoms. The van der Waals surface area contributed by atoms with Gasteiger partial charge in [0.05, 0.1) is 0 Å². The molecule has 1 heteroatoms. The molecular formula is C24H16S. The number of fused-ring (bicyclic) bond motifs is 3. The van der Waals surface area contributed by atoms with Crippen LogP contribution in [0, 0.1) is 0 Å². The first-order valence-corrected chi connectivity index (χ1v) is 9.28. The van der Waals surface area contributed by atoms with E-state index in [0.717, 1.165) is 0 Å². The molecule has 0 aliphatic rings. The third kappa shape index (κ3) is 2.45. The Labute approximate surface area is 151 Å². The third-order valence-electron chi connectivity index (χ3n) is 4.68. The van der Waals surface area contributed by atoms with Crippen molar-refractivity contribution >= 4 is 31.5 Å². The predicted octanol–water partition coefficient (Wildman–Crippen LogP) is 7.39. The van der Waals surface area contributed by atoms with Gasteiger partial charge in [0.1, 0.15) is 0 Å². The Bertz CT molecular complexity index is 1180. The Morgan fingerprint density at radius 2 is 1.16 bits per heavy atom. The summed E-state index contributed by atoms with van der Waals surface area (Å²) in [5.74, 6) is 0. The molecule has 4 aromatic carbocycles. The lowest BCUT2D eigenvalue weighted by molar-refractivity contribution is 1.61. The highest BCUT2D eigenvalue weighted by Crippen LogP contribution is 2.40. The van der Waals surface area contributed by atoms with Gasteiger partial charge in [0, 0.05) is 20.2 Å². The molecule has 0 nitrogen and oxygen atoms in total. The zero-order valence-corrected chi connectivity index (χ0v) is 14.5. The van der Waals surface area contributed by atoms with Crippen molar-refractivity contribution in [3.8, 4) is 22.3 Å². The van der Waals surface area contributed by atoms with Gasteiger partial charge in [0.15, 0.2) is 0 Å². The first kappa shape index (κ1) is 14.4. The fraction of sp³-hybridized carbons (Fsp3) is 0. The molecule has 0 unspecified atom stereocenters. The maximum Gasteiger partial charge on any atom is 0.0361 e. The number of rotatable bonds is 2. The van der Waals surface area contributed by atoms with Gasteiger partial charge in [-0.2, -0.15) is 0 Å². The lowest BCUT2D eigenvalue weighted by Gasteiger charge is -2.08. The average molecular weight is 336 g/mol. The van der Waals surface area contributed by atoms with E-state index in [1.165, 1.54) is 42.4 Å². The van der Waals surface area contributed by atoms with Gasteiger partial charge in [-0.25, -0.2) is 0 Å². The molecule has 1 aromatic heterocycles. The summed E-state index contributed by atoms with van der Waals surface area (Å²) in [5.41, 5.74) is 5.10. The van der Waals surface area contributed by atoms with Crippen molar-refractivity contribution < 1.29 is 0 Å². The van der Waals surface area contributed by atoms with E-state index in [0.29, 0.717) is 0 Å². The van der Waals surface area contributed by atoms with Crippen LogP contribution in [0.4, 0.5) is 0 Å². The maximum atomic E-state index is 2.30. The van der Waals surface area contributed by atoms with Crippen LogP contribution >= 0.6 is 11.3 Å². The molecule has 118 valence electrons. The molecule has 0 aliphatic heterocycles. The van der Waals surface area contributed by atoms with Crippen molar-refractivity contribution in [1.29, 1.82) is 0 Å². The summed E-state index contributed by atoms with van der Waals surface area (Å²) in [5, 5.41) is 2.72. The molecule has 25 heavy (non-hydrogen) atoms. The summed E-state index contributed by atoms with van der Waals surface area (Å²) in [4.78, 5) is 0. The van der Waals surface area contributed by atoms with Crippen LogP contribution in [0.5, 0.6) is 0 Å². The van der Waals surface area contributed by atoms with Crippen molar-refractivity contribution in [2.75, 3.05) is 0 Å². The summed E-state index contributed by atoms with van der Waals surface area (Å²) in [6.45, 7) is 0. The molecule has 0 N–H and O–H groups in total. The highest BCUT2D eigenvalue weighted by Gasteiger charge is 2.10. The summed E-state index contributed by atoms with van der Waals surface area (Å²) in [6.07, 6.45) is 0. The van der Waals surface area contributed by atoms with E-state index < -0.39 is 0 Å². The van der Waals surface area contributed by atoms with Gasteiger partial charge in [-0.1, -0.05) is 78.9 Å². The largest absolute Gasteiger partial charge is 0.135 e. The number of thiophene rings is 1. The highest BCUT2D eigenvalue weighted by molar-refractivity contribution is 7.25. The van der Waals surface area contributed by atoms with Crippen LogP contribution in [-0.2, 0) is 0 Å². The van der Waals surface area contributed by atoms with Crippen molar-refractivity contribution in [3.05, 3.63) is 97.1 Å². The Morgan fingerprint density at radius 1 is 0.480 bits per heavy atom. The molecule has 1 heterocycles. The average Bonchev–Trinajstić information content (AvgIpc) is 3.07. The van der Waals surface area contributed by atoms with E-state index >= 15 is 0 Å². The fourth-order valence-corrected chi connectivity index (χ4v) is 4.64. The quantitative estimate of drug-likeness (QED) is 0.315. The zero-order chi connectivity index (χ0) is 16.6. The van der Waals surface area contributed by atoms with Crippen molar-refractivity contribution in [2.24, 2.45) is 0 Å². The monoisotopic (exact) mass is 336 g/mol. The Balaban J connectivity index is 1.77. The maximum absolute atomic E-state index is 2.30. The minimum absolute atomic E-state index is 1.26. The Hall–Kier alpha value is -2.90. The molecule has 0 amide bonds. The highest BCUT2D eigenvalue weighted by atomic mass is 32.1. The minimum atomic E-state index is 1.26. The fourth-order valence-electron chi connectivity index (χ4n) is 3.51. The van der Waals surface area contributed by atoms with E-state index in [1.54, 1.807) is 0 Å². The van der Waals surface area contributed by atoms with E-state index in [4.69, 9.17) is 0 Å². The molecule has 0 aliphatic carbocycles. The molecular weight excluding hydrogens is 320 g/mol. The van der Waals surface area contributed by atoms with Crippen molar-refractivity contribution in [3.63, 3.8) is 0 Å². The Morgan fingerprint density at radius 3 is 2.08 bits per heavy atom. The van der Waals surface area contributed by atoms with Crippen LogP contribution in [0.3, 0.4) is 0 Å². The van der Waals surface area contributed by atoms with Gasteiger partial charge in [-0.05, 0) is 40.5 Å². The lowest BCUT2D eigenvalue weighted by atomic mass is 9.96. The van der Waals surface area contributed by atoms with Gasteiger partial charge in [-0.15, -0.1) is 11.3 Å². The summed E-state index contributed by atoms with van der Waals surface area (Å²) in [6, 6.07) is 34.8. The minimum Gasteiger partial charge on any atom is -0.135 e. The topological polar surface area (TPSA) is 0 Å². The molecule has 0 bridgehead atoms. The summed E-state index contributed by atoms with van der Waals surface area (Å²) >= 11 is 1.87. The van der Waals surface area contributed by atoms with Crippen molar-refractivity contribution in [2.45, 2.75) is 0 Å². The Kier molecular flexibility index (Phi) is 3.39. The van der Waals surface area contributed by atoms with Gasteiger partial charge in [0.2, 0.25) is 0 Å². The van der Waals surface area contributed by atoms with Gasteiger partial charge in [-0.3, -0.25) is 0 Å². The van der Waals surface area contributed by atoms with Crippen LogP contribution in [-0.4, -0.2) is 0 Å². The zero-order valence-electron chi connectivity index (χ0n) is 13.6.